The largest absolute Gasteiger partial charge is 0.159 e. The highest BCUT2D eigenvalue weighted by Crippen LogP contribution is 2.20. The number of halogens is 2. The molecule has 0 N–H and O–H groups in total. The summed E-state index contributed by atoms with van der Waals surface area (Å²) in [6.07, 6.45) is 0. The van der Waals surface area contributed by atoms with E-state index in [1.807, 2.05) is 11.8 Å². The van der Waals surface area contributed by atoms with Gasteiger partial charge in [-0.3, -0.25) is 0 Å². The van der Waals surface area contributed by atoms with Gasteiger partial charge in [0, 0.05) is 22.3 Å². The summed E-state index contributed by atoms with van der Waals surface area (Å²) in [5.41, 5.74) is 0. The van der Waals surface area contributed by atoms with Crippen LogP contribution in [0.4, 0.5) is 0 Å². The first-order chi connectivity index (χ1) is 5.95. The van der Waals surface area contributed by atoms with Gasteiger partial charge in [-0.1, -0.05) is 27.7 Å². The van der Waals surface area contributed by atoms with Crippen LogP contribution >= 0.6 is 35.0 Å². The van der Waals surface area contributed by atoms with Crippen LogP contribution in [0.5, 0.6) is 0 Å². The lowest BCUT2D eigenvalue weighted by atomic mass is 10.1. The van der Waals surface area contributed by atoms with E-state index in [1.54, 1.807) is 0 Å². The lowest BCUT2D eigenvalue weighted by molar-refractivity contribution is 0.632. The van der Waals surface area contributed by atoms with Crippen molar-refractivity contribution in [2.45, 2.75) is 38.4 Å². The second-order valence-corrected chi connectivity index (χ2v) is 6.25. The topological polar surface area (TPSA) is 0 Å². The molecule has 0 aromatic carbocycles. The van der Waals surface area contributed by atoms with E-state index in [9.17, 15) is 0 Å². The molecule has 0 radical (unpaired) electrons. The van der Waals surface area contributed by atoms with Crippen LogP contribution in [0.3, 0.4) is 0 Å². The van der Waals surface area contributed by atoms with Crippen LogP contribution in [0.25, 0.3) is 0 Å². The summed E-state index contributed by atoms with van der Waals surface area (Å²) in [5, 5.41) is 0.557. The SMILES string of the molecule is CC(C)C(Cl)CSCC(Cl)C(C)C. The molecule has 0 aromatic heterocycles. The number of thioether (sulfide) groups is 1. The first kappa shape index (κ1) is 13.9. The van der Waals surface area contributed by atoms with Crippen molar-refractivity contribution in [2.24, 2.45) is 11.8 Å². The number of hydrogen-bond acceptors (Lipinski definition) is 1. The van der Waals surface area contributed by atoms with Crippen LogP contribution in [0, 0.1) is 11.8 Å². The zero-order valence-electron chi connectivity index (χ0n) is 8.89. The first-order valence-corrected chi connectivity index (χ1v) is 6.83. The quantitative estimate of drug-likeness (QED) is 0.628. The van der Waals surface area contributed by atoms with Crippen LogP contribution in [0.2, 0.25) is 0 Å². The highest BCUT2D eigenvalue weighted by molar-refractivity contribution is 7.99. The Hall–Kier alpha value is 0.930. The molecule has 2 unspecified atom stereocenters. The fourth-order valence-corrected chi connectivity index (χ4v) is 2.57. The molecule has 0 spiro atoms. The van der Waals surface area contributed by atoms with Crippen LogP contribution in [-0.2, 0) is 0 Å². The fraction of sp³-hybridized carbons (Fsp3) is 1.00. The van der Waals surface area contributed by atoms with E-state index in [0.717, 1.165) is 11.5 Å². The molecule has 0 aromatic rings. The van der Waals surface area contributed by atoms with E-state index >= 15 is 0 Å². The third-order valence-electron chi connectivity index (χ3n) is 2.00. The van der Waals surface area contributed by atoms with Crippen LogP contribution in [0.15, 0.2) is 0 Å². The van der Waals surface area contributed by atoms with Crippen molar-refractivity contribution >= 4 is 35.0 Å². The lowest BCUT2D eigenvalue weighted by Gasteiger charge is -2.16. The zero-order chi connectivity index (χ0) is 10.4. The molecule has 0 nitrogen and oxygen atoms in total. The lowest BCUT2D eigenvalue weighted by Crippen LogP contribution is -2.15. The Labute approximate surface area is 96.8 Å². The summed E-state index contributed by atoms with van der Waals surface area (Å²) < 4.78 is 0. The first-order valence-electron chi connectivity index (χ1n) is 4.81. The normalized spacial score (nSPS) is 16.6. The van der Waals surface area contributed by atoms with Crippen LogP contribution in [0.1, 0.15) is 27.7 Å². The molecule has 0 aliphatic carbocycles. The van der Waals surface area contributed by atoms with Gasteiger partial charge >= 0.3 is 0 Å². The third-order valence-corrected chi connectivity index (χ3v) is 4.87. The van der Waals surface area contributed by atoms with Crippen molar-refractivity contribution < 1.29 is 0 Å². The van der Waals surface area contributed by atoms with E-state index in [1.165, 1.54) is 0 Å². The van der Waals surface area contributed by atoms with Gasteiger partial charge < -0.3 is 0 Å². The Bertz CT molecular complexity index is 112. The molecule has 0 saturated heterocycles. The molecule has 0 aliphatic heterocycles. The third kappa shape index (κ3) is 6.93. The van der Waals surface area contributed by atoms with Gasteiger partial charge in [0.15, 0.2) is 0 Å². The van der Waals surface area contributed by atoms with Gasteiger partial charge in [0.1, 0.15) is 0 Å². The summed E-state index contributed by atoms with van der Waals surface area (Å²) in [5.74, 6) is 3.13. The molecule has 0 fully saturated rings. The Balaban J connectivity index is 3.45. The minimum absolute atomic E-state index is 0.279. The maximum Gasteiger partial charge on any atom is 0.0449 e. The molecule has 0 saturated carbocycles. The second kappa shape index (κ2) is 7.25. The van der Waals surface area contributed by atoms with Gasteiger partial charge in [-0.15, -0.1) is 23.2 Å². The zero-order valence-corrected chi connectivity index (χ0v) is 11.2. The van der Waals surface area contributed by atoms with Crippen molar-refractivity contribution in [1.29, 1.82) is 0 Å². The Morgan fingerprint density at radius 3 is 1.38 bits per heavy atom. The molecular weight excluding hydrogens is 223 g/mol. The van der Waals surface area contributed by atoms with Crippen molar-refractivity contribution in [3.05, 3.63) is 0 Å². The summed E-state index contributed by atoms with van der Waals surface area (Å²) >= 11 is 14.1. The summed E-state index contributed by atoms with van der Waals surface area (Å²) in [6, 6.07) is 0. The Morgan fingerprint density at radius 1 is 0.846 bits per heavy atom. The van der Waals surface area contributed by atoms with Crippen molar-refractivity contribution in [1.82, 2.24) is 0 Å². The molecule has 0 aliphatic rings. The van der Waals surface area contributed by atoms with Gasteiger partial charge in [-0.2, -0.15) is 11.8 Å². The van der Waals surface area contributed by atoms with Crippen molar-refractivity contribution in [3.63, 3.8) is 0 Å². The van der Waals surface area contributed by atoms with E-state index in [-0.39, 0.29) is 10.8 Å². The van der Waals surface area contributed by atoms with E-state index < -0.39 is 0 Å². The minimum atomic E-state index is 0.279. The van der Waals surface area contributed by atoms with Crippen molar-refractivity contribution in [3.8, 4) is 0 Å². The van der Waals surface area contributed by atoms with E-state index in [4.69, 9.17) is 23.2 Å². The van der Waals surface area contributed by atoms with E-state index in [2.05, 4.69) is 27.7 Å². The molecular formula is C10H20Cl2S. The summed E-state index contributed by atoms with van der Waals surface area (Å²) in [4.78, 5) is 0. The molecule has 0 rings (SSSR count). The Kier molecular flexibility index (Phi) is 7.77. The molecule has 3 heteroatoms. The second-order valence-electron chi connectivity index (χ2n) is 4.06. The molecule has 0 heterocycles. The van der Waals surface area contributed by atoms with Crippen LogP contribution in [-0.4, -0.2) is 22.3 Å². The standard InChI is InChI=1S/C10H20Cl2S/c1-7(2)9(11)5-13-6-10(12)8(3)4/h7-10H,5-6H2,1-4H3. The van der Waals surface area contributed by atoms with Crippen molar-refractivity contribution in [2.75, 3.05) is 11.5 Å². The van der Waals surface area contributed by atoms with E-state index in [0.29, 0.717) is 11.8 Å². The summed E-state index contributed by atoms with van der Waals surface area (Å²) in [7, 11) is 0. The van der Waals surface area contributed by atoms with Crippen LogP contribution < -0.4 is 0 Å². The highest BCUT2D eigenvalue weighted by atomic mass is 35.5. The number of rotatable bonds is 6. The molecule has 13 heavy (non-hydrogen) atoms. The molecule has 80 valence electrons. The Morgan fingerprint density at radius 2 is 1.15 bits per heavy atom. The van der Waals surface area contributed by atoms with Gasteiger partial charge in [-0.05, 0) is 11.8 Å². The highest BCUT2D eigenvalue weighted by Gasteiger charge is 2.13. The fourth-order valence-electron chi connectivity index (χ4n) is 0.678. The maximum atomic E-state index is 6.11. The summed E-state index contributed by atoms with van der Waals surface area (Å²) in [6.45, 7) is 8.61. The number of alkyl halides is 2. The molecule has 2 atom stereocenters. The van der Waals surface area contributed by atoms with Gasteiger partial charge in [0.05, 0.1) is 0 Å². The smallest absolute Gasteiger partial charge is 0.0449 e. The number of hydrogen-bond donors (Lipinski definition) is 0. The van der Waals surface area contributed by atoms with Gasteiger partial charge in [-0.25, -0.2) is 0 Å². The monoisotopic (exact) mass is 242 g/mol. The minimum Gasteiger partial charge on any atom is -0.159 e. The maximum absolute atomic E-state index is 6.11. The average Bonchev–Trinajstić information content (AvgIpc) is 2.03. The molecule has 0 bridgehead atoms. The predicted molar refractivity (Wildman–Crippen MR) is 66.3 cm³/mol. The van der Waals surface area contributed by atoms with Gasteiger partial charge in [0.2, 0.25) is 0 Å². The predicted octanol–water partition coefficient (Wildman–Crippen LogP) is 4.25. The average molecular weight is 243 g/mol. The molecule has 0 amide bonds. The van der Waals surface area contributed by atoms with Gasteiger partial charge in [0.25, 0.3) is 0 Å².